The van der Waals surface area contributed by atoms with E-state index in [1.54, 1.807) is 13.3 Å². The van der Waals surface area contributed by atoms with Crippen molar-refractivity contribution in [2.24, 2.45) is 0 Å². The lowest BCUT2D eigenvalue weighted by Gasteiger charge is -2.13. The average Bonchev–Trinajstić information content (AvgIpc) is 2.39. The van der Waals surface area contributed by atoms with Crippen molar-refractivity contribution in [1.29, 1.82) is 0 Å². The Kier molecular flexibility index (Phi) is 5.46. The van der Waals surface area contributed by atoms with Gasteiger partial charge in [-0.05, 0) is 62.5 Å². The molecule has 1 N–H and O–H groups in total. The van der Waals surface area contributed by atoms with Crippen molar-refractivity contribution in [3.63, 3.8) is 0 Å². The lowest BCUT2D eigenvalue weighted by atomic mass is 10.2. The van der Waals surface area contributed by atoms with Gasteiger partial charge in [-0.2, -0.15) is 0 Å². The fraction of sp³-hybridized carbons (Fsp3) is 0.214. The molecule has 0 atom stereocenters. The normalized spacial score (nSPS) is 10.4. The molecule has 1 aromatic carbocycles. The zero-order chi connectivity index (χ0) is 14.7. The van der Waals surface area contributed by atoms with Crippen LogP contribution in [0, 0.1) is 6.92 Å². The molecule has 3 nitrogen and oxygen atoms in total. The van der Waals surface area contributed by atoms with Crippen molar-refractivity contribution in [3.05, 3.63) is 49.1 Å². The number of hydrogen-bond donors (Lipinski definition) is 1. The monoisotopic (exact) mass is 462 g/mol. The van der Waals surface area contributed by atoms with Crippen LogP contribution >= 0.6 is 47.8 Å². The predicted molar refractivity (Wildman–Crippen MR) is 92.4 cm³/mol. The molecule has 0 amide bonds. The number of rotatable bonds is 4. The van der Waals surface area contributed by atoms with E-state index in [0.717, 1.165) is 36.1 Å². The van der Waals surface area contributed by atoms with Gasteiger partial charge in [-0.1, -0.05) is 15.9 Å². The molecular weight excluding hydrogens is 452 g/mol. The van der Waals surface area contributed by atoms with Crippen molar-refractivity contribution >= 4 is 53.5 Å². The molecule has 106 valence electrons. The Bertz CT molecular complexity index is 632. The van der Waals surface area contributed by atoms with Crippen LogP contribution in [-0.4, -0.2) is 12.1 Å². The Morgan fingerprint density at radius 2 is 1.95 bits per heavy atom. The first kappa shape index (κ1) is 15.8. The number of halogens is 3. The molecule has 0 fully saturated rings. The molecule has 2 rings (SSSR count). The second-order valence-corrected chi connectivity index (χ2v) is 6.79. The molecule has 0 radical (unpaired) electrons. The Morgan fingerprint density at radius 3 is 2.60 bits per heavy atom. The maximum atomic E-state index is 5.43. The number of anilines is 1. The van der Waals surface area contributed by atoms with Gasteiger partial charge in [0.2, 0.25) is 0 Å². The second kappa shape index (κ2) is 6.91. The highest BCUT2D eigenvalue weighted by atomic mass is 79.9. The third-order valence-corrected chi connectivity index (χ3v) is 4.66. The molecule has 0 aliphatic carbocycles. The van der Waals surface area contributed by atoms with E-state index in [0.29, 0.717) is 6.54 Å². The van der Waals surface area contributed by atoms with E-state index in [9.17, 15) is 0 Å². The summed E-state index contributed by atoms with van der Waals surface area (Å²) in [4.78, 5) is 4.27. The molecule has 0 spiro atoms. The summed E-state index contributed by atoms with van der Waals surface area (Å²) in [6, 6.07) is 6.06. The Morgan fingerprint density at radius 1 is 1.20 bits per heavy atom. The van der Waals surface area contributed by atoms with E-state index in [4.69, 9.17) is 4.74 Å². The lowest BCUT2D eigenvalue weighted by molar-refractivity contribution is 0.407. The minimum Gasteiger partial charge on any atom is -0.495 e. The zero-order valence-electron chi connectivity index (χ0n) is 11.0. The van der Waals surface area contributed by atoms with E-state index >= 15 is 0 Å². The van der Waals surface area contributed by atoms with Gasteiger partial charge in [0, 0.05) is 16.6 Å². The molecule has 6 heteroatoms. The molecule has 0 aliphatic rings. The number of aryl methyl sites for hydroxylation is 1. The summed E-state index contributed by atoms with van der Waals surface area (Å²) >= 11 is 10.4. The van der Waals surface area contributed by atoms with E-state index < -0.39 is 0 Å². The molecule has 0 bridgehead atoms. The van der Waals surface area contributed by atoms with Crippen LogP contribution in [0.4, 0.5) is 5.69 Å². The number of pyridine rings is 1. The molecule has 20 heavy (non-hydrogen) atoms. The van der Waals surface area contributed by atoms with Crippen molar-refractivity contribution in [3.8, 4) is 5.75 Å². The first-order valence-corrected chi connectivity index (χ1v) is 8.27. The van der Waals surface area contributed by atoms with E-state index in [1.165, 1.54) is 0 Å². The smallest absolute Gasteiger partial charge is 0.138 e. The van der Waals surface area contributed by atoms with Gasteiger partial charge in [-0.3, -0.25) is 0 Å². The van der Waals surface area contributed by atoms with E-state index in [2.05, 4.69) is 64.2 Å². The number of methoxy groups -OCH3 is 1. The lowest BCUT2D eigenvalue weighted by Crippen LogP contribution is -2.03. The molecule has 0 aliphatic heterocycles. The summed E-state index contributed by atoms with van der Waals surface area (Å²) in [5.41, 5.74) is 3.13. The maximum Gasteiger partial charge on any atom is 0.138 e. The first-order valence-electron chi connectivity index (χ1n) is 5.89. The number of hydrogen-bond acceptors (Lipinski definition) is 3. The summed E-state index contributed by atoms with van der Waals surface area (Å²) in [6.07, 6.45) is 1.80. The summed E-state index contributed by atoms with van der Waals surface area (Å²) in [5.74, 6) is 0.836. The van der Waals surface area contributed by atoms with Crippen molar-refractivity contribution in [2.75, 3.05) is 12.4 Å². The van der Waals surface area contributed by atoms with Gasteiger partial charge in [0.25, 0.3) is 0 Å². The van der Waals surface area contributed by atoms with Crippen LogP contribution in [0.25, 0.3) is 0 Å². The van der Waals surface area contributed by atoms with Crippen LogP contribution in [0.15, 0.2) is 37.9 Å². The number of aromatic nitrogens is 1. The molecule has 0 saturated carbocycles. The Labute approximate surface area is 143 Å². The number of benzene rings is 1. The molecule has 2 aromatic rings. The summed E-state index contributed by atoms with van der Waals surface area (Å²) < 4.78 is 8.23. The third-order valence-electron chi connectivity index (χ3n) is 2.79. The Hall–Kier alpha value is -0.590. The van der Waals surface area contributed by atoms with Crippen LogP contribution in [-0.2, 0) is 6.54 Å². The van der Waals surface area contributed by atoms with E-state index in [1.807, 2.05) is 19.1 Å². The van der Waals surface area contributed by atoms with E-state index in [-0.39, 0.29) is 0 Å². The van der Waals surface area contributed by atoms with Crippen LogP contribution in [0.2, 0.25) is 0 Å². The highest BCUT2D eigenvalue weighted by Gasteiger charge is 2.09. The summed E-state index contributed by atoms with van der Waals surface area (Å²) in [7, 11) is 1.67. The maximum absolute atomic E-state index is 5.43. The van der Waals surface area contributed by atoms with Crippen molar-refractivity contribution in [1.82, 2.24) is 4.98 Å². The van der Waals surface area contributed by atoms with Gasteiger partial charge >= 0.3 is 0 Å². The van der Waals surface area contributed by atoms with Gasteiger partial charge in [0.05, 0.1) is 23.5 Å². The number of nitrogens with one attached hydrogen (secondary N) is 1. The van der Waals surface area contributed by atoms with Gasteiger partial charge in [-0.15, -0.1) is 0 Å². The van der Waals surface area contributed by atoms with Gasteiger partial charge in [0.15, 0.2) is 0 Å². The predicted octanol–water partition coefficient (Wildman–Crippen LogP) is 5.30. The van der Waals surface area contributed by atoms with Crippen molar-refractivity contribution in [2.45, 2.75) is 13.5 Å². The number of nitrogens with zero attached hydrogens (tertiary/aromatic N) is 1. The zero-order valence-corrected chi connectivity index (χ0v) is 15.8. The number of ether oxygens (including phenoxy) is 1. The topological polar surface area (TPSA) is 34.1 Å². The van der Waals surface area contributed by atoms with Crippen molar-refractivity contribution < 1.29 is 4.74 Å². The fourth-order valence-electron chi connectivity index (χ4n) is 1.83. The minimum atomic E-state index is 0.657. The van der Waals surface area contributed by atoms with Crippen LogP contribution in [0.3, 0.4) is 0 Å². The summed E-state index contributed by atoms with van der Waals surface area (Å²) in [6.45, 7) is 2.67. The Balaban J connectivity index is 2.20. The highest BCUT2D eigenvalue weighted by Crippen LogP contribution is 2.33. The van der Waals surface area contributed by atoms with Crippen LogP contribution < -0.4 is 10.1 Å². The quantitative estimate of drug-likeness (QED) is 0.623. The SMILES string of the molecule is COc1c(Br)cc(Br)cc1CNc1cnc(Br)c(C)c1. The third kappa shape index (κ3) is 3.74. The second-order valence-electron chi connectivity index (χ2n) is 4.27. The van der Waals surface area contributed by atoms with Crippen LogP contribution in [0.5, 0.6) is 5.75 Å². The van der Waals surface area contributed by atoms with Gasteiger partial charge < -0.3 is 10.1 Å². The minimum absolute atomic E-state index is 0.657. The van der Waals surface area contributed by atoms with Gasteiger partial charge in [0.1, 0.15) is 10.4 Å². The molecular formula is C14H13Br3N2O. The fourth-order valence-corrected chi connectivity index (χ4v) is 3.52. The standard InChI is InChI=1S/C14H13Br3N2O/c1-8-3-11(7-19-14(8)17)18-6-9-4-10(15)5-12(16)13(9)20-2/h3-5,7,18H,6H2,1-2H3. The molecule has 0 unspecified atom stereocenters. The average molecular weight is 465 g/mol. The molecule has 1 aromatic heterocycles. The summed E-state index contributed by atoms with van der Waals surface area (Å²) in [5, 5.41) is 3.35. The van der Waals surface area contributed by atoms with Gasteiger partial charge in [-0.25, -0.2) is 4.98 Å². The molecule has 1 heterocycles. The first-order chi connectivity index (χ1) is 9.51. The largest absolute Gasteiger partial charge is 0.495 e. The highest BCUT2D eigenvalue weighted by molar-refractivity contribution is 9.11. The molecule has 0 saturated heterocycles. The van der Waals surface area contributed by atoms with Crippen LogP contribution in [0.1, 0.15) is 11.1 Å².